The van der Waals surface area contributed by atoms with E-state index in [0.29, 0.717) is 11.7 Å². The molecule has 1 N–H and O–H groups in total. The minimum Gasteiger partial charge on any atom is -0.335 e. The average Bonchev–Trinajstić information content (AvgIpc) is 3.30. The number of benzene rings is 4. The van der Waals surface area contributed by atoms with Gasteiger partial charge in [-0.1, -0.05) is 60.2 Å². The number of nitrogens with zero attached hydrogens (tertiary/aromatic N) is 5. The number of amidine groups is 2. The molecule has 1 atom stereocenters. The van der Waals surface area contributed by atoms with E-state index < -0.39 is 0 Å². The van der Waals surface area contributed by atoms with Gasteiger partial charge in [0.25, 0.3) is 0 Å². The number of aryl methyl sites for hydroxylation is 3. The molecular weight excluding hydrogens is 499 g/mol. The summed E-state index contributed by atoms with van der Waals surface area (Å²) in [5, 5.41) is 8.50. The fraction of sp³-hybridized carbons (Fsp3) is 0.121. The van der Waals surface area contributed by atoms with Crippen molar-refractivity contribution in [3.63, 3.8) is 0 Å². The molecule has 0 saturated heterocycles. The number of anilines is 2. The van der Waals surface area contributed by atoms with Gasteiger partial charge in [-0.2, -0.15) is 5.10 Å². The molecule has 196 valence electrons. The van der Waals surface area contributed by atoms with Crippen molar-refractivity contribution in [3.8, 4) is 5.69 Å². The molecule has 6 nitrogen and oxygen atoms in total. The van der Waals surface area contributed by atoms with E-state index in [1.165, 1.54) is 17.7 Å². The predicted octanol–water partition coefficient (Wildman–Crippen LogP) is 7.73. The smallest absolute Gasteiger partial charge is 0.179 e. The molecule has 0 unspecified atom stereocenters. The Labute approximate surface area is 232 Å². The SMILES string of the molecule is Cc1ccc(N=C2Nc3ccccc3N3C2=Nc2c(c(C)nn2-c2ccccc2)[C@@H]3c2ccc(F)cc2)c(C)c1. The normalized spacial score (nSPS) is 16.6. The van der Waals surface area contributed by atoms with E-state index in [0.717, 1.165) is 51.0 Å². The van der Waals surface area contributed by atoms with Gasteiger partial charge in [-0.05, 0) is 74.4 Å². The second-order valence-electron chi connectivity index (χ2n) is 10.2. The lowest BCUT2D eigenvalue weighted by atomic mass is 9.93. The number of para-hydroxylation sites is 3. The fourth-order valence-electron chi connectivity index (χ4n) is 5.59. The minimum atomic E-state index is -0.298. The Morgan fingerprint density at radius 1 is 0.850 bits per heavy atom. The standard InChI is InChI=1S/C33H27FN6/c1-20-13-18-26(21(2)19-20)35-31-33-37-32-29(22(3)38-40(32)25-9-5-4-6-10-25)30(23-14-16-24(34)17-15-23)39(33)28-12-8-7-11-27(28)36-31/h4-19,30H,1-3H3,(H,35,36)/t30-/m0/s1. The summed E-state index contributed by atoms with van der Waals surface area (Å²) in [5.74, 6) is 1.78. The number of halogens is 1. The van der Waals surface area contributed by atoms with Gasteiger partial charge in [0.15, 0.2) is 17.5 Å². The Bertz CT molecular complexity index is 1820. The van der Waals surface area contributed by atoms with Crippen LogP contribution in [0.5, 0.6) is 0 Å². The number of nitrogens with one attached hydrogen (secondary N) is 1. The monoisotopic (exact) mass is 526 g/mol. The molecule has 5 aromatic rings. The topological polar surface area (TPSA) is 57.8 Å². The van der Waals surface area contributed by atoms with Crippen molar-refractivity contribution in [2.45, 2.75) is 26.8 Å². The molecule has 2 aliphatic rings. The Hall–Kier alpha value is -5.04. The van der Waals surface area contributed by atoms with Crippen LogP contribution < -0.4 is 10.2 Å². The summed E-state index contributed by atoms with van der Waals surface area (Å²) >= 11 is 0. The number of rotatable bonds is 3. The number of aliphatic imine (C=N–C) groups is 2. The first-order valence-electron chi connectivity index (χ1n) is 13.3. The van der Waals surface area contributed by atoms with Gasteiger partial charge in [-0.3, -0.25) is 0 Å². The number of hydrogen-bond acceptors (Lipinski definition) is 4. The zero-order valence-corrected chi connectivity index (χ0v) is 22.4. The van der Waals surface area contributed by atoms with E-state index in [9.17, 15) is 4.39 Å². The zero-order chi connectivity index (χ0) is 27.4. The maximum atomic E-state index is 14.1. The Morgan fingerprint density at radius 2 is 1.60 bits per heavy atom. The molecule has 4 aromatic carbocycles. The van der Waals surface area contributed by atoms with Crippen LogP contribution in [0.4, 0.5) is 27.3 Å². The van der Waals surface area contributed by atoms with Crippen molar-refractivity contribution >= 4 is 34.6 Å². The maximum absolute atomic E-state index is 14.1. The molecule has 0 radical (unpaired) electrons. The first kappa shape index (κ1) is 24.0. The van der Waals surface area contributed by atoms with Crippen molar-refractivity contribution in [2.75, 3.05) is 10.2 Å². The van der Waals surface area contributed by atoms with Crippen LogP contribution in [0.3, 0.4) is 0 Å². The van der Waals surface area contributed by atoms with Crippen LogP contribution >= 0.6 is 0 Å². The first-order chi connectivity index (χ1) is 19.5. The van der Waals surface area contributed by atoms with E-state index in [4.69, 9.17) is 15.1 Å². The van der Waals surface area contributed by atoms with E-state index in [1.54, 1.807) is 0 Å². The summed E-state index contributed by atoms with van der Waals surface area (Å²) < 4.78 is 16.0. The van der Waals surface area contributed by atoms with Crippen LogP contribution in [0.15, 0.2) is 107 Å². The Kier molecular flexibility index (Phi) is 5.59. The van der Waals surface area contributed by atoms with Gasteiger partial charge in [0.1, 0.15) is 5.82 Å². The van der Waals surface area contributed by atoms with Crippen LogP contribution in [0.1, 0.15) is 34.0 Å². The Balaban J connectivity index is 1.53. The third-order valence-corrected chi connectivity index (χ3v) is 7.45. The van der Waals surface area contributed by atoms with Crippen LogP contribution in [0, 0.1) is 26.6 Å². The van der Waals surface area contributed by atoms with Gasteiger partial charge in [0.2, 0.25) is 0 Å². The highest BCUT2D eigenvalue weighted by Gasteiger charge is 2.41. The number of aromatic nitrogens is 2. The van der Waals surface area contributed by atoms with Crippen molar-refractivity contribution in [1.82, 2.24) is 9.78 Å². The Morgan fingerprint density at radius 3 is 2.38 bits per heavy atom. The minimum absolute atomic E-state index is 0.275. The van der Waals surface area contributed by atoms with Gasteiger partial charge in [-0.25, -0.2) is 19.1 Å². The molecule has 0 bridgehead atoms. The molecule has 3 heterocycles. The second kappa shape index (κ2) is 9.31. The lowest BCUT2D eigenvalue weighted by Gasteiger charge is -2.41. The lowest BCUT2D eigenvalue weighted by Crippen LogP contribution is -2.48. The highest BCUT2D eigenvalue weighted by atomic mass is 19.1. The molecule has 0 amide bonds. The van der Waals surface area contributed by atoms with E-state index in [2.05, 4.69) is 42.3 Å². The first-order valence-corrected chi connectivity index (χ1v) is 13.3. The molecule has 0 aliphatic carbocycles. The molecule has 0 spiro atoms. The molecule has 2 aliphatic heterocycles. The summed E-state index contributed by atoms with van der Waals surface area (Å²) in [6, 6.07) is 30.8. The largest absolute Gasteiger partial charge is 0.335 e. The molecule has 7 rings (SSSR count). The third-order valence-electron chi connectivity index (χ3n) is 7.45. The van der Waals surface area contributed by atoms with Crippen LogP contribution in [-0.2, 0) is 0 Å². The summed E-state index contributed by atoms with van der Waals surface area (Å²) in [5.41, 5.74) is 8.71. The third kappa shape index (κ3) is 3.90. The fourth-order valence-corrected chi connectivity index (χ4v) is 5.59. The molecule has 0 saturated carbocycles. The van der Waals surface area contributed by atoms with Gasteiger partial charge >= 0.3 is 0 Å². The maximum Gasteiger partial charge on any atom is 0.179 e. The molecule has 0 fully saturated rings. The molecule has 1 aromatic heterocycles. The molecular formula is C33H27FN6. The molecule has 40 heavy (non-hydrogen) atoms. The van der Waals surface area contributed by atoms with Crippen LogP contribution in [-0.4, -0.2) is 21.5 Å². The van der Waals surface area contributed by atoms with Crippen molar-refractivity contribution in [2.24, 2.45) is 9.98 Å². The van der Waals surface area contributed by atoms with Gasteiger partial charge in [-0.15, -0.1) is 0 Å². The van der Waals surface area contributed by atoms with Crippen LogP contribution in [0.2, 0.25) is 0 Å². The second-order valence-corrected chi connectivity index (χ2v) is 10.2. The highest BCUT2D eigenvalue weighted by Crippen LogP contribution is 2.47. The van der Waals surface area contributed by atoms with Gasteiger partial charge in [0, 0.05) is 5.56 Å². The quantitative estimate of drug-likeness (QED) is 0.262. The van der Waals surface area contributed by atoms with Gasteiger partial charge in [0.05, 0.1) is 34.5 Å². The van der Waals surface area contributed by atoms with Crippen molar-refractivity contribution < 1.29 is 4.39 Å². The number of fused-ring (bicyclic) bond motifs is 4. The summed E-state index contributed by atoms with van der Waals surface area (Å²) in [6.07, 6.45) is 0. The number of hydrogen-bond donors (Lipinski definition) is 1. The summed E-state index contributed by atoms with van der Waals surface area (Å²) in [4.78, 5) is 12.6. The van der Waals surface area contributed by atoms with E-state index in [1.807, 2.05) is 78.3 Å². The molecule has 7 heteroatoms. The van der Waals surface area contributed by atoms with E-state index >= 15 is 0 Å². The summed E-state index contributed by atoms with van der Waals surface area (Å²) in [7, 11) is 0. The van der Waals surface area contributed by atoms with Gasteiger partial charge < -0.3 is 10.2 Å². The average molecular weight is 527 g/mol. The van der Waals surface area contributed by atoms with Crippen molar-refractivity contribution in [1.29, 1.82) is 0 Å². The zero-order valence-electron chi connectivity index (χ0n) is 22.4. The predicted molar refractivity (Wildman–Crippen MR) is 159 cm³/mol. The highest BCUT2D eigenvalue weighted by molar-refractivity contribution is 6.52. The van der Waals surface area contributed by atoms with Crippen molar-refractivity contribution in [3.05, 3.63) is 131 Å². The van der Waals surface area contributed by atoms with Crippen LogP contribution in [0.25, 0.3) is 5.69 Å². The van der Waals surface area contributed by atoms with E-state index in [-0.39, 0.29) is 11.9 Å². The summed E-state index contributed by atoms with van der Waals surface area (Å²) in [6.45, 7) is 6.15. The lowest BCUT2D eigenvalue weighted by molar-refractivity contribution is 0.626.